The van der Waals surface area contributed by atoms with Crippen molar-refractivity contribution in [3.05, 3.63) is 65.0 Å². The Labute approximate surface area is 113 Å². The lowest BCUT2D eigenvalue weighted by atomic mass is 10.0. The molecule has 3 heteroatoms. The van der Waals surface area contributed by atoms with Crippen molar-refractivity contribution in [2.75, 3.05) is 4.90 Å². The Morgan fingerprint density at radius 2 is 1.47 bits per heavy atom. The van der Waals surface area contributed by atoms with Crippen LogP contribution in [0.1, 0.15) is 13.8 Å². The lowest BCUT2D eigenvalue weighted by Gasteiger charge is -2.29. The van der Waals surface area contributed by atoms with E-state index in [-0.39, 0.29) is 5.57 Å². The molecule has 0 aliphatic carbocycles. The van der Waals surface area contributed by atoms with Gasteiger partial charge in [0, 0.05) is 22.7 Å². The van der Waals surface area contributed by atoms with Crippen molar-refractivity contribution in [1.29, 1.82) is 10.5 Å². The summed E-state index contributed by atoms with van der Waals surface area (Å²) in [5.74, 6) is 0. The van der Waals surface area contributed by atoms with E-state index in [0.29, 0.717) is 5.57 Å². The van der Waals surface area contributed by atoms with Gasteiger partial charge < -0.3 is 4.90 Å². The fraction of sp³-hybridized carbons (Fsp3) is 0.125. The summed E-state index contributed by atoms with van der Waals surface area (Å²) in [6.45, 7) is 3.94. The third kappa shape index (κ3) is 2.41. The number of hydrogen-bond donors (Lipinski definition) is 0. The number of rotatable bonds is 1. The molecule has 3 nitrogen and oxygen atoms in total. The molecule has 19 heavy (non-hydrogen) atoms. The van der Waals surface area contributed by atoms with Gasteiger partial charge in [-0.2, -0.15) is 10.5 Å². The first-order valence-electron chi connectivity index (χ1n) is 5.93. The van der Waals surface area contributed by atoms with E-state index in [1.807, 2.05) is 68.5 Å². The molecule has 92 valence electrons. The zero-order valence-electron chi connectivity index (χ0n) is 10.9. The van der Waals surface area contributed by atoms with Crippen molar-refractivity contribution < 1.29 is 0 Å². The number of para-hydroxylation sites is 1. The maximum Gasteiger partial charge on any atom is 0.137 e. The molecule has 0 fully saturated rings. The molecule has 2 rings (SSSR count). The van der Waals surface area contributed by atoms with Crippen LogP contribution in [0, 0.1) is 22.7 Å². The number of anilines is 1. The van der Waals surface area contributed by atoms with Gasteiger partial charge in [0.1, 0.15) is 17.7 Å². The molecule has 0 saturated carbocycles. The number of nitrogens with zero attached hydrogens (tertiary/aromatic N) is 3. The second-order valence-electron chi connectivity index (χ2n) is 4.30. The molecule has 1 aromatic carbocycles. The summed E-state index contributed by atoms with van der Waals surface area (Å²) in [6.07, 6.45) is 3.73. The predicted molar refractivity (Wildman–Crippen MR) is 74.7 cm³/mol. The predicted octanol–water partition coefficient (Wildman–Crippen LogP) is 3.66. The molecule has 0 atom stereocenters. The van der Waals surface area contributed by atoms with Gasteiger partial charge in [-0.25, -0.2) is 0 Å². The van der Waals surface area contributed by atoms with E-state index < -0.39 is 0 Å². The molecular weight excluding hydrogens is 234 g/mol. The van der Waals surface area contributed by atoms with Gasteiger partial charge in [-0.3, -0.25) is 0 Å². The van der Waals surface area contributed by atoms with Crippen LogP contribution in [0.15, 0.2) is 65.0 Å². The largest absolute Gasteiger partial charge is 0.318 e. The van der Waals surface area contributed by atoms with Crippen molar-refractivity contribution in [1.82, 2.24) is 0 Å². The minimum Gasteiger partial charge on any atom is -0.318 e. The lowest BCUT2D eigenvalue weighted by molar-refractivity contribution is 1.04. The molecule has 0 aromatic heterocycles. The topological polar surface area (TPSA) is 50.8 Å². The highest BCUT2D eigenvalue weighted by Gasteiger charge is 2.16. The molecule has 0 saturated heterocycles. The molecule has 0 radical (unpaired) electrons. The van der Waals surface area contributed by atoms with E-state index in [4.69, 9.17) is 10.5 Å². The normalized spacial score (nSPS) is 14.1. The van der Waals surface area contributed by atoms with Crippen LogP contribution in [0.5, 0.6) is 0 Å². The van der Waals surface area contributed by atoms with E-state index in [2.05, 4.69) is 4.90 Å². The van der Waals surface area contributed by atoms with Crippen LogP contribution in [-0.2, 0) is 0 Å². The summed E-state index contributed by atoms with van der Waals surface area (Å²) in [7, 11) is 0. The zero-order chi connectivity index (χ0) is 13.8. The van der Waals surface area contributed by atoms with Crippen molar-refractivity contribution in [3.63, 3.8) is 0 Å². The van der Waals surface area contributed by atoms with E-state index >= 15 is 0 Å². The van der Waals surface area contributed by atoms with E-state index in [1.54, 1.807) is 0 Å². The first kappa shape index (κ1) is 12.7. The first-order chi connectivity index (χ1) is 9.17. The minimum absolute atomic E-state index is 0.145. The van der Waals surface area contributed by atoms with Gasteiger partial charge in [0.2, 0.25) is 0 Å². The van der Waals surface area contributed by atoms with E-state index in [1.165, 1.54) is 0 Å². The summed E-state index contributed by atoms with van der Waals surface area (Å²) in [5, 5.41) is 17.9. The third-order valence-electron chi connectivity index (χ3n) is 2.96. The fourth-order valence-corrected chi connectivity index (χ4v) is 2.18. The maximum atomic E-state index is 8.93. The Morgan fingerprint density at radius 1 is 0.947 bits per heavy atom. The highest BCUT2D eigenvalue weighted by Crippen LogP contribution is 2.29. The van der Waals surface area contributed by atoms with Crippen LogP contribution in [0.4, 0.5) is 5.69 Å². The number of hydrogen-bond acceptors (Lipinski definition) is 3. The van der Waals surface area contributed by atoms with Crippen molar-refractivity contribution in [2.24, 2.45) is 0 Å². The molecule has 1 aliphatic rings. The smallest absolute Gasteiger partial charge is 0.137 e. The van der Waals surface area contributed by atoms with Crippen LogP contribution in [-0.4, -0.2) is 0 Å². The van der Waals surface area contributed by atoms with Gasteiger partial charge in [0.25, 0.3) is 0 Å². The quantitative estimate of drug-likeness (QED) is 0.711. The second kappa shape index (κ2) is 5.25. The standard InChI is InChI=1S/C16H13N3/c1-12-8-14(15(10-17)11-18)9-13(2)19(12)16-6-4-3-5-7-16/h3-9H,1-2H3. The SMILES string of the molecule is CC1=CC(=C(C#N)C#N)C=C(C)N1c1ccccc1. The van der Waals surface area contributed by atoms with Crippen LogP contribution in [0.25, 0.3) is 0 Å². The number of benzene rings is 1. The average molecular weight is 247 g/mol. The Balaban J connectivity index is 2.49. The molecule has 0 amide bonds. The van der Waals surface area contributed by atoms with Gasteiger partial charge in [0.15, 0.2) is 0 Å². The first-order valence-corrected chi connectivity index (χ1v) is 5.93. The van der Waals surface area contributed by atoms with Crippen molar-refractivity contribution >= 4 is 5.69 Å². The Bertz CT molecular complexity index is 626. The molecule has 0 spiro atoms. The second-order valence-corrected chi connectivity index (χ2v) is 4.30. The van der Waals surface area contributed by atoms with Crippen molar-refractivity contribution in [2.45, 2.75) is 13.8 Å². The van der Waals surface area contributed by atoms with Crippen LogP contribution >= 0.6 is 0 Å². The molecule has 0 unspecified atom stereocenters. The third-order valence-corrected chi connectivity index (χ3v) is 2.96. The Hall–Kier alpha value is -2.78. The maximum absolute atomic E-state index is 8.93. The molecule has 1 aliphatic heterocycles. The summed E-state index contributed by atoms with van der Waals surface area (Å²) < 4.78 is 0. The highest BCUT2D eigenvalue weighted by molar-refractivity contribution is 5.64. The molecule has 0 bridgehead atoms. The van der Waals surface area contributed by atoms with E-state index in [9.17, 15) is 0 Å². The molecular formula is C16H13N3. The zero-order valence-corrected chi connectivity index (χ0v) is 10.9. The van der Waals surface area contributed by atoms with E-state index in [0.717, 1.165) is 17.1 Å². The lowest BCUT2D eigenvalue weighted by Crippen LogP contribution is -2.21. The monoisotopic (exact) mass is 247 g/mol. The van der Waals surface area contributed by atoms with Gasteiger partial charge in [0.05, 0.1) is 0 Å². The Morgan fingerprint density at radius 3 is 1.95 bits per heavy atom. The van der Waals surface area contributed by atoms with Gasteiger partial charge >= 0.3 is 0 Å². The summed E-state index contributed by atoms with van der Waals surface area (Å²) in [5.41, 5.74) is 3.87. The average Bonchev–Trinajstić information content (AvgIpc) is 2.40. The van der Waals surface area contributed by atoms with Crippen LogP contribution < -0.4 is 4.90 Å². The Kier molecular flexibility index (Phi) is 3.50. The summed E-state index contributed by atoms with van der Waals surface area (Å²) in [6, 6.07) is 13.8. The number of allylic oxidation sites excluding steroid dienone is 6. The van der Waals surface area contributed by atoms with Gasteiger partial charge in [-0.05, 0) is 38.1 Å². The van der Waals surface area contributed by atoms with Crippen molar-refractivity contribution in [3.8, 4) is 12.1 Å². The van der Waals surface area contributed by atoms with Gasteiger partial charge in [-0.1, -0.05) is 18.2 Å². The highest BCUT2D eigenvalue weighted by atomic mass is 15.1. The molecule has 1 aromatic rings. The fourth-order valence-electron chi connectivity index (χ4n) is 2.18. The summed E-state index contributed by atoms with van der Waals surface area (Å²) >= 11 is 0. The van der Waals surface area contributed by atoms with Crippen LogP contribution in [0.3, 0.4) is 0 Å². The summed E-state index contributed by atoms with van der Waals surface area (Å²) in [4.78, 5) is 2.09. The molecule has 1 heterocycles. The molecule has 0 N–H and O–H groups in total. The minimum atomic E-state index is 0.145. The number of nitriles is 2. The van der Waals surface area contributed by atoms with Crippen LogP contribution in [0.2, 0.25) is 0 Å². The van der Waals surface area contributed by atoms with Gasteiger partial charge in [-0.15, -0.1) is 0 Å².